The maximum atomic E-state index is 12.8. The Kier molecular flexibility index (Phi) is 8.11. The number of nitrogens with one attached hydrogen (secondary N) is 1. The van der Waals surface area contributed by atoms with E-state index in [1.165, 1.54) is 4.31 Å². The van der Waals surface area contributed by atoms with Gasteiger partial charge >= 0.3 is 0 Å². The molecule has 1 amide bonds. The van der Waals surface area contributed by atoms with Crippen molar-refractivity contribution in [2.75, 3.05) is 46.4 Å². The molecule has 2 aromatic carbocycles. The summed E-state index contributed by atoms with van der Waals surface area (Å²) in [7, 11) is -1.98. The van der Waals surface area contributed by atoms with Gasteiger partial charge in [0.05, 0.1) is 18.1 Å². The Morgan fingerprint density at radius 2 is 1.56 bits per heavy atom. The van der Waals surface area contributed by atoms with E-state index in [0.29, 0.717) is 50.6 Å². The highest BCUT2D eigenvalue weighted by Crippen LogP contribution is 2.20. The fraction of sp³-hybridized carbons (Fsp3) is 0.435. The number of hydrogen-bond donors (Lipinski definition) is 1. The van der Waals surface area contributed by atoms with Gasteiger partial charge in [-0.15, -0.1) is 0 Å². The summed E-state index contributed by atoms with van der Waals surface area (Å²) in [6, 6.07) is 13.5. The van der Waals surface area contributed by atoms with Gasteiger partial charge in [0.2, 0.25) is 10.0 Å². The molecule has 1 saturated heterocycles. The van der Waals surface area contributed by atoms with Crippen LogP contribution in [0.3, 0.4) is 0 Å². The maximum Gasteiger partial charge on any atom is 0.251 e. The molecule has 3 rings (SSSR count). The second kappa shape index (κ2) is 10.8. The van der Waals surface area contributed by atoms with Crippen LogP contribution in [0.5, 0.6) is 11.5 Å². The van der Waals surface area contributed by atoms with E-state index in [-0.39, 0.29) is 16.9 Å². The summed E-state index contributed by atoms with van der Waals surface area (Å²) in [6.45, 7) is 7.13. The first-order valence-electron chi connectivity index (χ1n) is 10.7. The summed E-state index contributed by atoms with van der Waals surface area (Å²) in [4.78, 5) is 14.8. The molecule has 1 aliphatic rings. The summed E-state index contributed by atoms with van der Waals surface area (Å²) in [5.74, 6) is 1.22. The SMILES string of the molecule is COc1ccc(S(=O)(=O)N2CCN(CCNC(=O)c3ccc(OC(C)C)cc3)CC2)cc1. The van der Waals surface area contributed by atoms with Gasteiger partial charge in [-0.05, 0) is 62.4 Å². The fourth-order valence-corrected chi connectivity index (χ4v) is 4.90. The van der Waals surface area contributed by atoms with Gasteiger partial charge in [-0.3, -0.25) is 9.69 Å². The lowest BCUT2D eigenvalue weighted by atomic mass is 10.2. The first-order valence-corrected chi connectivity index (χ1v) is 12.1. The van der Waals surface area contributed by atoms with Crippen molar-refractivity contribution in [1.82, 2.24) is 14.5 Å². The van der Waals surface area contributed by atoms with Crippen LogP contribution in [-0.4, -0.2) is 76.0 Å². The monoisotopic (exact) mass is 461 g/mol. The number of ether oxygens (including phenoxy) is 2. The topological polar surface area (TPSA) is 88.2 Å². The number of amides is 1. The number of rotatable bonds is 9. The van der Waals surface area contributed by atoms with Crippen molar-refractivity contribution in [3.8, 4) is 11.5 Å². The number of carbonyl (C=O) groups is 1. The fourth-order valence-electron chi connectivity index (χ4n) is 3.48. The first kappa shape index (κ1) is 24.0. The quantitative estimate of drug-likeness (QED) is 0.616. The molecule has 174 valence electrons. The summed E-state index contributed by atoms with van der Waals surface area (Å²) in [6.07, 6.45) is 0.0846. The van der Waals surface area contributed by atoms with Gasteiger partial charge in [0, 0.05) is 44.8 Å². The Hall–Kier alpha value is -2.62. The van der Waals surface area contributed by atoms with E-state index in [4.69, 9.17) is 9.47 Å². The number of sulfonamides is 1. The zero-order valence-electron chi connectivity index (χ0n) is 18.8. The van der Waals surface area contributed by atoms with Gasteiger partial charge in [-0.1, -0.05) is 0 Å². The number of benzene rings is 2. The molecule has 1 aliphatic heterocycles. The molecule has 1 N–H and O–H groups in total. The van der Waals surface area contributed by atoms with E-state index >= 15 is 0 Å². The van der Waals surface area contributed by atoms with Crippen molar-refractivity contribution >= 4 is 15.9 Å². The molecule has 0 atom stereocenters. The number of hydrogen-bond acceptors (Lipinski definition) is 6. The number of nitrogens with zero attached hydrogens (tertiary/aromatic N) is 2. The third-order valence-corrected chi connectivity index (χ3v) is 7.14. The molecule has 0 radical (unpaired) electrons. The van der Waals surface area contributed by atoms with Gasteiger partial charge in [0.25, 0.3) is 5.91 Å². The Labute approximate surface area is 190 Å². The smallest absolute Gasteiger partial charge is 0.251 e. The number of methoxy groups -OCH3 is 1. The first-order chi connectivity index (χ1) is 15.3. The predicted molar refractivity (Wildman–Crippen MR) is 123 cm³/mol. The molecule has 1 heterocycles. The molecular weight excluding hydrogens is 430 g/mol. The second-order valence-corrected chi connectivity index (χ2v) is 9.81. The van der Waals surface area contributed by atoms with Crippen LogP contribution in [0.4, 0.5) is 0 Å². The standard InChI is InChI=1S/C23H31N3O5S/c1-18(2)31-21-6-4-19(5-7-21)23(27)24-12-13-25-14-16-26(17-15-25)32(28,29)22-10-8-20(30-3)9-11-22/h4-11,18H,12-17H2,1-3H3,(H,24,27). The second-order valence-electron chi connectivity index (χ2n) is 7.87. The van der Waals surface area contributed by atoms with Crippen LogP contribution in [0.15, 0.2) is 53.4 Å². The van der Waals surface area contributed by atoms with Crippen LogP contribution in [0, 0.1) is 0 Å². The van der Waals surface area contributed by atoms with Crippen LogP contribution < -0.4 is 14.8 Å². The molecule has 0 saturated carbocycles. The van der Waals surface area contributed by atoms with Crippen LogP contribution in [0.25, 0.3) is 0 Å². The molecule has 0 spiro atoms. The highest BCUT2D eigenvalue weighted by Gasteiger charge is 2.28. The third-order valence-electron chi connectivity index (χ3n) is 5.23. The van der Waals surface area contributed by atoms with E-state index in [1.807, 2.05) is 13.8 Å². The van der Waals surface area contributed by atoms with Gasteiger partial charge in [0.1, 0.15) is 11.5 Å². The lowest BCUT2D eigenvalue weighted by Crippen LogP contribution is -2.50. The summed E-state index contributed by atoms with van der Waals surface area (Å²) in [5.41, 5.74) is 0.580. The highest BCUT2D eigenvalue weighted by atomic mass is 32.2. The molecule has 2 aromatic rings. The van der Waals surface area contributed by atoms with Crippen molar-refractivity contribution in [3.63, 3.8) is 0 Å². The lowest BCUT2D eigenvalue weighted by molar-refractivity contribution is 0.0945. The number of carbonyl (C=O) groups excluding carboxylic acids is 1. The Bertz CT molecular complexity index is 983. The van der Waals surface area contributed by atoms with Crippen molar-refractivity contribution in [3.05, 3.63) is 54.1 Å². The van der Waals surface area contributed by atoms with E-state index in [0.717, 1.165) is 5.75 Å². The molecule has 0 unspecified atom stereocenters. The van der Waals surface area contributed by atoms with Crippen LogP contribution >= 0.6 is 0 Å². The largest absolute Gasteiger partial charge is 0.497 e. The van der Waals surface area contributed by atoms with Gasteiger partial charge in [-0.2, -0.15) is 4.31 Å². The molecule has 1 fully saturated rings. The Morgan fingerprint density at radius 3 is 2.12 bits per heavy atom. The summed E-state index contributed by atoms with van der Waals surface area (Å²) < 4.78 is 37.9. The minimum absolute atomic E-state index is 0.0846. The molecular formula is C23H31N3O5S. The molecule has 0 bridgehead atoms. The van der Waals surface area contributed by atoms with Crippen LogP contribution in [-0.2, 0) is 10.0 Å². The zero-order chi connectivity index (χ0) is 23.1. The van der Waals surface area contributed by atoms with Crippen molar-refractivity contribution in [2.24, 2.45) is 0 Å². The average molecular weight is 462 g/mol. The molecule has 0 aliphatic carbocycles. The lowest BCUT2D eigenvalue weighted by Gasteiger charge is -2.34. The van der Waals surface area contributed by atoms with Crippen molar-refractivity contribution in [1.29, 1.82) is 0 Å². The summed E-state index contributed by atoms with van der Waals surface area (Å²) in [5, 5.41) is 2.92. The average Bonchev–Trinajstić information content (AvgIpc) is 2.79. The minimum atomic E-state index is -3.52. The Morgan fingerprint density at radius 1 is 0.969 bits per heavy atom. The summed E-state index contributed by atoms with van der Waals surface area (Å²) >= 11 is 0. The third kappa shape index (κ3) is 6.21. The predicted octanol–water partition coefficient (Wildman–Crippen LogP) is 2.22. The highest BCUT2D eigenvalue weighted by molar-refractivity contribution is 7.89. The molecule has 8 nitrogen and oxygen atoms in total. The van der Waals surface area contributed by atoms with Gasteiger partial charge in [-0.25, -0.2) is 8.42 Å². The van der Waals surface area contributed by atoms with Crippen LogP contribution in [0.2, 0.25) is 0 Å². The maximum absolute atomic E-state index is 12.8. The van der Waals surface area contributed by atoms with Gasteiger partial charge in [0.15, 0.2) is 0 Å². The van der Waals surface area contributed by atoms with E-state index < -0.39 is 10.0 Å². The van der Waals surface area contributed by atoms with E-state index in [9.17, 15) is 13.2 Å². The van der Waals surface area contributed by atoms with Crippen molar-refractivity contribution in [2.45, 2.75) is 24.8 Å². The molecule has 0 aromatic heterocycles. The minimum Gasteiger partial charge on any atom is -0.497 e. The normalized spacial score (nSPS) is 15.5. The molecule has 9 heteroatoms. The van der Waals surface area contributed by atoms with E-state index in [2.05, 4.69) is 10.2 Å². The number of piperazine rings is 1. The van der Waals surface area contributed by atoms with Crippen LogP contribution in [0.1, 0.15) is 24.2 Å². The zero-order valence-corrected chi connectivity index (χ0v) is 19.6. The van der Waals surface area contributed by atoms with E-state index in [1.54, 1.807) is 55.6 Å². The van der Waals surface area contributed by atoms with Gasteiger partial charge < -0.3 is 14.8 Å². The molecule has 32 heavy (non-hydrogen) atoms. The Balaban J connectivity index is 1.43. The van der Waals surface area contributed by atoms with Crippen molar-refractivity contribution < 1.29 is 22.7 Å².